The van der Waals surface area contributed by atoms with Crippen LogP contribution in [0.15, 0.2) is 17.0 Å². The Labute approximate surface area is 119 Å². The fourth-order valence-electron chi connectivity index (χ4n) is 2.19. The topological polar surface area (TPSA) is 54.5 Å². The summed E-state index contributed by atoms with van der Waals surface area (Å²) in [5.74, 6) is -2.80. The van der Waals surface area contributed by atoms with Crippen LogP contribution in [0.4, 0.5) is 8.78 Å². The molecular formula is C12H12ClF2NO3S. The van der Waals surface area contributed by atoms with Crippen molar-refractivity contribution in [3.05, 3.63) is 29.3 Å². The number of carbonyl (C=O) groups is 1. The number of amides is 1. The average molecular weight is 324 g/mol. The Bertz CT molecular complexity index is 663. The summed E-state index contributed by atoms with van der Waals surface area (Å²) in [6.45, 7) is 2.79. The number of carbonyl (C=O) groups excluding carboxylic acids is 1. The van der Waals surface area contributed by atoms with E-state index in [2.05, 4.69) is 0 Å². The number of hydrogen-bond acceptors (Lipinski definition) is 3. The maximum atomic E-state index is 14.1. The smallest absolute Gasteiger partial charge is 0.264 e. The highest BCUT2D eigenvalue weighted by Gasteiger charge is 2.29. The average Bonchev–Trinajstić information content (AvgIpc) is 2.76. The molecule has 0 N–H and O–H groups in total. The molecule has 0 bridgehead atoms. The van der Waals surface area contributed by atoms with Crippen molar-refractivity contribution in [1.82, 2.24) is 4.90 Å². The van der Waals surface area contributed by atoms with Gasteiger partial charge in [-0.05, 0) is 24.5 Å². The van der Waals surface area contributed by atoms with Gasteiger partial charge in [-0.3, -0.25) is 4.79 Å². The molecule has 2 rings (SSSR count). The molecule has 0 radical (unpaired) electrons. The number of halogens is 3. The second kappa shape index (κ2) is 5.29. The Balaban J connectivity index is 2.47. The van der Waals surface area contributed by atoms with Crippen molar-refractivity contribution in [2.24, 2.45) is 5.92 Å². The number of benzene rings is 1. The maximum Gasteiger partial charge on any atom is 0.264 e. The lowest BCUT2D eigenvalue weighted by Gasteiger charge is -2.17. The minimum Gasteiger partial charge on any atom is -0.338 e. The van der Waals surface area contributed by atoms with Gasteiger partial charge in [-0.15, -0.1) is 0 Å². The van der Waals surface area contributed by atoms with Crippen LogP contribution in [0.2, 0.25) is 0 Å². The van der Waals surface area contributed by atoms with Crippen molar-refractivity contribution in [3.8, 4) is 0 Å². The lowest BCUT2D eigenvalue weighted by Crippen LogP contribution is -2.29. The van der Waals surface area contributed by atoms with E-state index in [0.717, 1.165) is 6.42 Å². The van der Waals surface area contributed by atoms with Crippen LogP contribution in [0.1, 0.15) is 23.7 Å². The van der Waals surface area contributed by atoms with Crippen LogP contribution in [0, 0.1) is 17.6 Å². The van der Waals surface area contributed by atoms with Crippen molar-refractivity contribution >= 4 is 25.6 Å². The molecular weight excluding hydrogens is 312 g/mol. The molecule has 1 fully saturated rings. The molecule has 1 amide bonds. The van der Waals surface area contributed by atoms with E-state index in [1.807, 2.05) is 6.92 Å². The van der Waals surface area contributed by atoms with E-state index >= 15 is 0 Å². The molecule has 1 heterocycles. The SMILES string of the molecule is CC1CCN(C(=O)c2cc(F)cc(S(=O)(=O)Cl)c2F)C1. The number of hydrogen-bond donors (Lipinski definition) is 0. The van der Waals surface area contributed by atoms with Crippen molar-refractivity contribution in [3.63, 3.8) is 0 Å². The van der Waals surface area contributed by atoms with Gasteiger partial charge in [-0.2, -0.15) is 0 Å². The standard InChI is InChI=1S/C12H12ClF2NO3S/c1-7-2-3-16(6-7)12(17)9-4-8(14)5-10(11(9)15)20(13,18)19/h4-5,7H,2-3,6H2,1H3. The third-order valence-electron chi connectivity index (χ3n) is 3.21. The van der Waals surface area contributed by atoms with Crippen LogP contribution in [-0.4, -0.2) is 32.3 Å². The van der Waals surface area contributed by atoms with Gasteiger partial charge in [-0.1, -0.05) is 6.92 Å². The van der Waals surface area contributed by atoms with Gasteiger partial charge in [0.1, 0.15) is 10.7 Å². The molecule has 0 aliphatic carbocycles. The van der Waals surface area contributed by atoms with Gasteiger partial charge in [0.2, 0.25) is 0 Å². The quantitative estimate of drug-likeness (QED) is 0.785. The molecule has 0 spiro atoms. The molecule has 1 aliphatic heterocycles. The zero-order chi connectivity index (χ0) is 15.1. The Morgan fingerprint density at radius 1 is 1.40 bits per heavy atom. The highest BCUT2D eigenvalue weighted by Crippen LogP contribution is 2.26. The highest BCUT2D eigenvalue weighted by atomic mass is 35.7. The molecule has 1 unspecified atom stereocenters. The van der Waals surface area contributed by atoms with Crippen LogP contribution < -0.4 is 0 Å². The fraction of sp³-hybridized carbons (Fsp3) is 0.417. The van der Waals surface area contributed by atoms with Gasteiger partial charge in [-0.25, -0.2) is 17.2 Å². The predicted molar refractivity (Wildman–Crippen MR) is 69.1 cm³/mol. The van der Waals surface area contributed by atoms with E-state index in [-0.39, 0.29) is 5.92 Å². The van der Waals surface area contributed by atoms with Gasteiger partial charge >= 0.3 is 0 Å². The summed E-state index contributed by atoms with van der Waals surface area (Å²) in [7, 11) is 0.576. The van der Waals surface area contributed by atoms with E-state index in [1.54, 1.807) is 0 Å². The number of nitrogens with zero attached hydrogens (tertiary/aromatic N) is 1. The molecule has 1 aromatic carbocycles. The van der Waals surface area contributed by atoms with E-state index in [9.17, 15) is 22.0 Å². The van der Waals surface area contributed by atoms with Crippen molar-refractivity contribution in [2.45, 2.75) is 18.2 Å². The van der Waals surface area contributed by atoms with Crippen molar-refractivity contribution in [2.75, 3.05) is 13.1 Å². The fourth-order valence-corrected chi connectivity index (χ4v) is 3.10. The first kappa shape index (κ1) is 15.2. The summed E-state index contributed by atoms with van der Waals surface area (Å²) < 4.78 is 49.8. The van der Waals surface area contributed by atoms with E-state index < -0.39 is 37.1 Å². The summed E-state index contributed by atoms with van der Waals surface area (Å²) in [5, 5.41) is 0. The normalized spacial score (nSPS) is 19.4. The van der Waals surface area contributed by atoms with Crippen LogP contribution in [0.25, 0.3) is 0 Å². The van der Waals surface area contributed by atoms with E-state index in [0.29, 0.717) is 25.2 Å². The van der Waals surface area contributed by atoms with Gasteiger partial charge in [0.25, 0.3) is 15.0 Å². The molecule has 4 nitrogen and oxygen atoms in total. The predicted octanol–water partition coefficient (Wildman–Crippen LogP) is 2.37. The van der Waals surface area contributed by atoms with Crippen LogP contribution in [-0.2, 0) is 9.05 Å². The zero-order valence-electron chi connectivity index (χ0n) is 10.6. The van der Waals surface area contributed by atoms with Gasteiger partial charge in [0.15, 0.2) is 5.82 Å². The molecule has 0 aromatic heterocycles. The minimum absolute atomic E-state index is 0.270. The molecule has 1 saturated heterocycles. The molecule has 1 aliphatic rings. The molecule has 20 heavy (non-hydrogen) atoms. The van der Waals surface area contributed by atoms with Crippen molar-refractivity contribution in [1.29, 1.82) is 0 Å². The Morgan fingerprint density at radius 3 is 2.55 bits per heavy atom. The Morgan fingerprint density at radius 2 is 2.05 bits per heavy atom. The monoisotopic (exact) mass is 323 g/mol. The Hall–Kier alpha value is -1.21. The largest absolute Gasteiger partial charge is 0.338 e. The maximum absolute atomic E-state index is 14.1. The summed E-state index contributed by atoms with van der Waals surface area (Å²) >= 11 is 0. The molecule has 1 aromatic rings. The number of likely N-dealkylation sites (tertiary alicyclic amines) is 1. The first-order valence-corrected chi connectivity index (χ1v) is 8.24. The lowest BCUT2D eigenvalue weighted by molar-refractivity contribution is 0.0782. The van der Waals surface area contributed by atoms with Crippen LogP contribution >= 0.6 is 10.7 Å². The summed E-state index contributed by atoms with van der Waals surface area (Å²) in [5.41, 5.74) is -0.613. The second-order valence-electron chi connectivity index (χ2n) is 4.85. The van der Waals surface area contributed by atoms with E-state index in [1.165, 1.54) is 4.90 Å². The molecule has 0 saturated carbocycles. The summed E-state index contributed by atoms with van der Waals surface area (Å²) in [6.07, 6.45) is 0.767. The first-order valence-electron chi connectivity index (χ1n) is 5.93. The van der Waals surface area contributed by atoms with Gasteiger partial charge in [0.05, 0.1) is 5.56 Å². The number of rotatable bonds is 2. The van der Waals surface area contributed by atoms with Gasteiger partial charge in [0, 0.05) is 23.8 Å². The molecule has 110 valence electrons. The zero-order valence-corrected chi connectivity index (χ0v) is 12.1. The Kier molecular flexibility index (Phi) is 4.02. The van der Waals surface area contributed by atoms with Crippen molar-refractivity contribution < 1.29 is 22.0 Å². The third-order valence-corrected chi connectivity index (χ3v) is 4.53. The summed E-state index contributed by atoms with van der Waals surface area (Å²) in [6, 6.07) is 1.15. The highest BCUT2D eigenvalue weighted by molar-refractivity contribution is 8.13. The van der Waals surface area contributed by atoms with Crippen LogP contribution in [0.5, 0.6) is 0 Å². The third kappa shape index (κ3) is 2.93. The second-order valence-corrected chi connectivity index (χ2v) is 7.38. The lowest BCUT2D eigenvalue weighted by atomic mass is 10.1. The van der Waals surface area contributed by atoms with E-state index in [4.69, 9.17) is 10.7 Å². The van der Waals surface area contributed by atoms with Crippen LogP contribution in [0.3, 0.4) is 0 Å². The molecule has 1 atom stereocenters. The summed E-state index contributed by atoms with van der Waals surface area (Å²) in [4.78, 5) is 12.5. The molecule has 8 heteroatoms. The van der Waals surface area contributed by atoms with Gasteiger partial charge < -0.3 is 4.90 Å². The first-order chi connectivity index (χ1) is 9.20. The minimum atomic E-state index is -4.46.